The van der Waals surface area contributed by atoms with Gasteiger partial charge in [-0.3, -0.25) is 0 Å². The van der Waals surface area contributed by atoms with Crippen LogP contribution in [0.25, 0.3) is 0 Å². The minimum absolute atomic E-state index is 0.0120. The summed E-state index contributed by atoms with van der Waals surface area (Å²) in [7, 11) is 0. The van der Waals surface area contributed by atoms with Crippen LogP contribution < -0.4 is 5.32 Å². The fraction of sp³-hybridized carbons (Fsp3) is 0.533. The number of urea groups is 1. The Morgan fingerprint density at radius 2 is 2.16 bits per heavy atom. The number of morpholine rings is 1. The van der Waals surface area contributed by atoms with Crippen molar-refractivity contribution in [2.75, 3.05) is 26.2 Å². The van der Waals surface area contributed by atoms with Crippen LogP contribution in [-0.4, -0.2) is 37.2 Å². The van der Waals surface area contributed by atoms with Gasteiger partial charge in [-0.1, -0.05) is 44.2 Å². The highest BCUT2D eigenvalue weighted by Crippen LogP contribution is 2.21. The van der Waals surface area contributed by atoms with Crippen LogP contribution >= 0.6 is 0 Å². The second kappa shape index (κ2) is 6.57. The molecule has 2 amide bonds. The number of ether oxygens (including phenoxy) is 1. The minimum atomic E-state index is -0.0141. The quantitative estimate of drug-likeness (QED) is 0.909. The Hall–Kier alpha value is -1.55. The van der Waals surface area contributed by atoms with Crippen molar-refractivity contribution in [3.8, 4) is 0 Å². The number of benzene rings is 1. The minimum Gasteiger partial charge on any atom is -0.370 e. The maximum absolute atomic E-state index is 12.0. The van der Waals surface area contributed by atoms with Crippen LogP contribution in [0.2, 0.25) is 0 Å². The predicted octanol–water partition coefficient (Wildman–Crippen LogP) is 2.43. The van der Waals surface area contributed by atoms with Crippen LogP contribution in [0, 0.1) is 5.92 Å². The number of hydrogen-bond donors (Lipinski definition) is 1. The Labute approximate surface area is 114 Å². The Morgan fingerprint density at radius 3 is 2.84 bits per heavy atom. The van der Waals surface area contributed by atoms with E-state index in [0.29, 0.717) is 32.2 Å². The van der Waals surface area contributed by atoms with E-state index in [1.165, 1.54) is 0 Å². The molecule has 0 saturated carbocycles. The number of rotatable bonds is 3. The molecule has 4 nitrogen and oxygen atoms in total. The molecule has 0 radical (unpaired) electrons. The molecule has 1 saturated heterocycles. The van der Waals surface area contributed by atoms with Crippen LogP contribution in [0.5, 0.6) is 0 Å². The highest BCUT2D eigenvalue weighted by Gasteiger charge is 2.25. The molecule has 0 spiro atoms. The van der Waals surface area contributed by atoms with Gasteiger partial charge >= 0.3 is 6.03 Å². The Kier molecular flexibility index (Phi) is 4.80. The summed E-state index contributed by atoms with van der Waals surface area (Å²) in [4.78, 5) is 13.9. The lowest BCUT2D eigenvalue weighted by molar-refractivity contribution is -0.0154. The van der Waals surface area contributed by atoms with Crippen molar-refractivity contribution >= 4 is 6.03 Å². The molecule has 1 aliphatic heterocycles. The first-order chi connectivity index (χ1) is 9.16. The summed E-state index contributed by atoms with van der Waals surface area (Å²) in [5.74, 6) is 0.468. The number of nitrogens with zero attached hydrogens (tertiary/aromatic N) is 1. The molecule has 1 heterocycles. The highest BCUT2D eigenvalue weighted by atomic mass is 16.5. The summed E-state index contributed by atoms with van der Waals surface area (Å²) in [6, 6.07) is 10.1. The Balaban J connectivity index is 1.92. The summed E-state index contributed by atoms with van der Waals surface area (Å²) in [5.41, 5.74) is 1.13. The van der Waals surface area contributed by atoms with Gasteiger partial charge in [0, 0.05) is 13.1 Å². The average Bonchev–Trinajstić information content (AvgIpc) is 2.46. The molecule has 2 rings (SSSR count). The summed E-state index contributed by atoms with van der Waals surface area (Å²) < 4.78 is 5.75. The monoisotopic (exact) mass is 262 g/mol. The van der Waals surface area contributed by atoms with Gasteiger partial charge in [0.05, 0.1) is 13.2 Å². The normalized spacial score (nSPS) is 19.5. The third kappa shape index (κ3) is 3.96. The van der Waals surface area contributed by atoms with Crippen molar-refractivity contribution in [3.63, 3.8) is 0 Å². The van der Waals surface area contributed by atoms with Gasteiger partial charge in [0.2, 0.25) is 0 Å². The summed E-state index contributed by atoms with van der Waals surface area (Å²) in [6.07, 6.45) is -0.0141. The van der Waals surface area contributed by atoms with Crippen LogP contribution in [0.3, 0.4) is 0 Å². The largest absolute Gasteiger partial charge is 0.370 e. The number of amides is 2. The van der Waals surface area contributed by atoms with Gasteiger partial charge in [-0.05, 0) is 11.5 Å². The van der Waals surface area contributed by atoms with E-state index in [4.69, 9.17) is 4.74 Å². The molecular formula is C15H22N2O2. The van der Waals surface area contributed by atoms with Crippen molar-refractivity contribution in [2.24, 2.45) is 5.92 Å². The molecule has 1 aromatic carbocycles. The van der Waals surface area contributed by atoms with Crippen LogP contribution in [-0.2, 0) is 4.74 Å². The van der Waals surface area contributed by atoms with Gasteiger partial charge in [-0.15, -0.1) is 0 Å². The summed E-state index contributed by atoms with van der Waals surface area (Å²) >= 11 is 0. The standard InChI is InChI=1S/C15H22N2O2/c1-12(2)10-16-15(18)17-8-9-19-14(11-17)13-6-4-3-5-7-13/h3-7,12,14H,8-11H2,1-2H3,(H,16,18). The third-order valence-corrected chi connectivity index (χ3v) is 3.19. The molecular weight excluding hydrogens is 240 g/mol. The van der Waals surface area contributed by atoms with Gasteiger partial charge in [0.25, 0.3) is 0 Å². The fourth-order valence-electron chi connectivity index (χ4n) is 2.11. The second-order valence-electron chi connectivity index (χ2n) is 5.30. The van der Waals surface area contributed by atoms with Gasteiger partial charge in [0.15, 0.2) is 0 Å². The molecule has 1 N–H and O–H groups in total. The first kappa shape index (κ1) is 13.9. The first-order valence-corrected chi connectivity index (χ1v) is 6.86. The zero-order valence-electron chi connectivity index (χ0n) is 11.6. The van der Waals surface area contributed by atoms with E-state index in [9.17, 15) is 4.79 Å². The first-order valence-electron chi connectivity index (χ1n) is 6.86. The van der Waals surface area contributed by atoms with E-state index < -0.39 is 0 Å². The molecule has 0 aromatic heterocycles. The van der Waals surface area contributed by atoms with Crippen LogP contribution in [0.1, 0.15) is 25.5 Å². The van der Waals surface area contributed by atoms with Crippen molar-refractivity contribution in [1.82, 2.24) is 10.2 Å². The lowest BCUT2D eigenvalue weighted by atomic mass is 10.1. The molecule has 1 atom stereocenters. The summed E-state index contributed by atoms with van der Waals surface area (Å²) in [6.45, 7) is 6.76. The maximum Gasteiger partial charge on any atom is 0.317 e. The van der Waals surface area contributed by atoms with E-state index in [1.54, 1.807) is 0 Å². The number of nitrogens with one attached hydrogen (secondary N) is 1. The molecule has 19 heavy (non-hydrogen) atoms. The van der Waals surface area contributed by atoms with Crippen LogP contribution in [0.15, 0.2) is 30.3 Å². The third-order valence-electron chi connectivity index (χ3n) is 3.19. The predicted molar refractivity (Wildman–Crippen MR) is 74.9 cm³/mol. The smallest absolute Gasteiger partial charge is 0.317 e. The molecule has 1 aliphatic rings. The van der Waals surface area contributed by atoms with Gasteiger partial charge in [0.1, 0.15) is 6.10 Å². The van der Waals surface area contributed by atoms with E-state index in [-0.39, 0.29) is 12.1 Å². The van der Waals surface area contributed by atoms with E-state index in [0.717, 1.165) is 5.56 Å². The number of carbonyl (C=O) groups excluding carboxylic acids is 1. The molecule has 1 fully saturated rings. The van der Waals surface area contributed by atoms with E-state index >= 15 is 0 Å². The van der Waals surface area contributed by atoms with Gasteiger partial charge < -0.3 is 15.0 Å². The maximum atomic E-state index is 12.0. The van der Waals surface area contributed by atoms with Crippen molar-refractivity contribution in [3.05, 3.63) is 35.9 Å². The van der Waals surface area contributed by atoms with E-state index in [1.807, 2.05) is 35.2 Å². The zero-order chi connectivity index (χ0) is 13.7. The zero-order valence-corrected chi connectivity index (χ0v) is 11.6. The molecule has 1 unspecified atom stereocenters. The van der Waals surface area contributed by atoms with Gasteiger partial charge in [-0.25, -0.2) is 4.79 Å². The topological polar surface area (TPSA) is 41.6 Å². The van der Waals surface area contributed by atoms with E-state index in [2.05, 4.69) is 19.2 Å². The van der Waals surface area contributed by atoms with Crippen LogP contribution in [0.4, 0.5) is 4.79 Å². The Morgan fingerprint density at radius 1 is 1.42 bits per heavy atom. The number of hydrogen-bond acceptors (Lipinski definition) is 2. The van der Waals surface area contributed by atoms with Gasteiger partial charge in [-0.2, -0.15) is 0 Å². The van der Waals surface area contributed by atoms with Crippen molar-refractivity contribution in [2.45, 2.75) is 20.0 Å². The molecule has 1 aromatic rings. The highest BCUT2D eigenvalue weighted by molar-refractivity contribution is 5.74. The molecule has 0 aliphatic carbocycles. The second-order valence-corrected chi connectivity index (χ2v) is 5.30. The molecule has 4 heteroatoms. The molecule has 0 bridgehead atoms. The average molecular weight is 262 g/mol. The molecule has 104 valence electrons. The summed E-state index contributed by atoms with van der Waals surface area (Å²) in [5, 5.41) is 2.96. The SMILES string of the molecule is CC(C)CNC(=O)N1CCOC(c2ccccc2)C1. The van der Waals surface area contributed by atoms with Crippen molar-refractivity contribution < 1.29 is 9.53 Å². The fourth-order valence-corrected chi connectivity index (χ4v) is 2.11. The number of carbonyl (C=O) groups is 1. The van der Waals surface area contributed by atoms with Crippen molar-refractivity contribution in [1.29, 1.82) is 0 Å². The lowest BCUT2D eigenvalue weighted by Crippen LogP contribution is -2.47. The lowest BCUT2D eigenvalue weighted by Gasteiger charge is -2.33. The Bertz CT molecular complexity index is 406.